The van der Waals surface area contributed by atoms with Crippen molar-refractivity contribution in [3.8, 4) is 0 Å². The minimum absolute atomic E-state index is 0.196. The number of hydrogen-bond donors (Lipinski definition) is 1. The van der Waals surface area contributed by atoms with Gasteiger partial charge in [-0.25, -0.2) is 4.98 Å². The highest BCUT2D eigenvalue weighted by Crippen LogP contribution is 2.20. The first-order valence-corrected chi connectivity index (χ1v) is 8.78. The van der Waals surface area contributed by atoms with Crippen LogP contribution in [0.25, 0.3) is 0 Å². The van der Waals surface area contributed by atoms with Crippen LogP contribution in [0.15, 0.2) is 12.1 Å². The number of pyridine rings is 1. The maximum absolute atomic E-state index is 11.5. The Morgan fingerprint density at radius 2 is 1.88 bits per heavy atom. The quantitative estimate of drug-likeness (QED) is 0.494. The van der Waals surface area contributed by atoms with Gasteiger partial charge in [0.05, 0.1) is 13.2 Å². The lowest BCUT2D eigenvalue weighted by Crippen LogP contribution is -2.25. The molecule has 0 aromatic carbocycles. The number of anilines is 2. The minimum Gasteiger partial charge on any atom is -0.465 e. The first-order chi connectivity index (χ1) is 11.5. The average Bonchev–Trinajstić information content (AvgIpc) is 2.50. The van der Waals surface area contributed by atoms with Crippen molar-refractivity contribution in [3.05, 3.63) is 17.8 Å². The lowest BCUT2D eigenvalue weighted by atomic mass is 10.2. The molecule has 1 rings (SSSR count). The van der Waals surface area contributed by atoms with Crippen LogP contribution in [0.4, 0.5) is 11.5 Å². The van der Waals surface area contributed by atoms with Gasteiger partial charge in [0.15, 0.2) is 0 Å². The van der Waals surface area contributed by atoms with Crippen molar-refractivity contribution < 1.29 is 9.53 Å². The van der Waals surface area contributed by atoms with Gasteiger partial charge in [0.1, 0.15) is 5.82 Å². The molecule has 0 bridgehead atoms. The SMILES string of the molecule is CCCN(CCC)c1cc(N)nc(CCCOC(=O)CN(C)C)c1. The molecule has 0 atom stereocenters. The van der Waals surface area contributed by atoms with Crippen LogP contribution in [0.5, 0.6) is 0 Å². The molecule has 6 heteroatoms. The zero-order chi connectivity index (χ0) is 17.9. The van der Waals surface area contributed by atoms with Gasteiger partial charge in [-0.3, -0.25) is 9.69 Å². The summed E-state index contributed by atoms with van der Waals surface area (Å²) in [6.07, 6.45) is 3.69. The Morgan fingerprint density at radius 3 is 2.46 bits per heavy atom. The molecule has 0 fully saturated rings. The number of carbonyl (C=O) groups excluding carboxylic acids is 1. The number of aryl methyl sites for hydroxylation is 1. The molecule has 0 unspecified atom stereocenters. The van der Waals surface area contributed by atoms with E-state index in [2.05, 4.69) is 29.8 Å². The van der Waals surface area contributed by atoms with Crippen molar-refractivity contribution in [3.63, 3.8) is 0 Å². The summed E-state index contributed by atoms with van der Waals surface area (Å²) >= 11 is 0. The van der Waals surface area contributed by atoms with Gasteiger partial charge >= 0.3 is 5.97 Å². The van der Waals surface area contributed by atoms with E-state index in [-0.39, 0.29) is 5.97 Å². The predicted octanol–water partition coefficient (Wildman–Crippen LogP) is 2.33. The number of hydrogen-bond acceptors (Lipinski definition) is 6. The third kappa shape index (κ3) is 7.64. The van der Waals surface area contributed by atoms with Crippen LogP contribution in [-0.2, 0) is 16.0 Å². The van der Waals surface area contributed by atoms with Gasteiger partial charge in [0.2, 0.25) is 0 Å². The summed E-state index contributed by atoms with van der Waals surface area (Å²) in [5, 5.41) is 0. The molecule has 0 saturated carbocycles. The number of nitrogens with two attached hydrogens (primary N) is 1. The average molecular weight is 336 g/mol. The van der Waals surface area contributed by atoms with Gasteiger partial charge < -0.3 is 15.4 Å². The first-order valence-electron chi connectivity index (χ1n) is 8.78. The molecule has 0 spiro atoms. The Balaban J connectivity index is 2.57. The Bertz CT molecular complexity index is 500. The third-order valence-corrected chi connectivity index (χ3v) is 3.52. The molecular weight excluding hydrogens is 304 g/mol. The molecule has 1 aromatic heterocycles. The van der Waals surface area contributed by atoms with Gasteiger partial charge in [-0.1, -0.05) is 13.8 Å². The van der Waals surface area contributed by atoms with E-state index < -0.39 is 0 Å². The van der Waals surface area contributed by atoms with Gasteiger partial charge in [0.25, 0.3) is 0 Å². The highest BCUT2D eigenvalue weighted by atomic mass is 16.5. The molecule has 0 aliphatic heterocycles. The smallest absolute Gasteiger partial charge is 0.320 e. The summed E-state index contributed by atoms with van der Waals surface area (Å²) in [5.41, 5.74) is 8.05. The van der Waals surface area contributed by atoms with Crippen LogP contribution >= 0.6 is 0 Å². The monoisotopic (exact) mass is 336 g/mol. The molecular formula is C18H32N4O2. The third-order valence-electron chi connectivity index (χ3n) is 3.52. The summed E-state index contributed by atoms with van der Waals surface area (Å²) in [6, 6.07) is 4.04. The first kappa shape index (κ1) is 20.2. The number of esters is 1. The van der Waals surface area contributed by atoms with Crippen molar-refractivity contribution in [2.45, 2.75) is 39.5 Å². The Morgan fingerprint density at radius 1 is 1.21 bits per heavy atom. The highest BCUT2D eigenvalue weighted by Gasteiger charge is 2.09. The Kier molecular flexibility index (Phi) is 9.15. The summed E-state index contributed by atoms with van der Waals surface area (Å²) in [4.78, 5) is 20.0. The summed E-state index contributed by atoms with van der Waals surface area (Å²) in [6.45, 7) is 7.10. The fourth-order valence-electron chi connectivity index (χ4n) is 2.56. The lowest BCUT2D eigenvalue weighted by Gasteiger charge is -2.24. The molecule has 1 heterocycles. The molecule has 0 aliphatic rings. The molecule has 0 radical (unpaired) electrons. The number of aromatic nitrogens is 1. The zero-order valence-electron chi connectivity index (χ0n) is 15.5. The number of ether oxygens (including phenoxy) is 1. The molecule has 0 amide bonds. The minimum atomic E-state index is -0.196. The number of nitrogens with zero attached hydrogens (tertiary/aromatic N) is 3. The molecule has 0 aliphatic carbocycles. The number of likely N-dealkylation sites (N-methyl/N-ethyl adjacent to an activating group) is 1. The van der Waals surface area contributed by atoms with Crippen LogP contribution in [-0.4, -0.2) is 56.2 Å². The largest absolute Gasteiger partial charge is 0.465 e. The lowest BCUT2D eigenvalue weighted by molar-refractivity contribution is -0.144. The normalized spacial score (nSPS) is 10.9. The van der Waals surface area contributed by atoms with E-state index in [4.69, 9.17) is 10.5 Å². The van der Waals surface area contributed by atoms with Gasteiger partial charge in [0, 0.05) is 30.5 Å². The standard InChI is InChI=1S/C18H32N4O2/c1-5-9-22(10-6-2)16-12-15(20-17(19)13-16)8-7-11-24-18(23)14-21(3)4/h12-13H,5-11,14H2,1-4H3,(H2,19,20). The fraction of sp³-hybridized carbons (Fsp3) is 0.667. The topological polar surface area (TPSA) is 71.7 Å². The number of rotatable bonds is 11. The van der Waals surface area contributed by atoms with E-state index in [1.165, 1.54) is 0 Å². The highest BCUT2D eigenvalue weighted by molar-refractivity contribution is 5.71. The maximum atomic E-state index is 11.5. The van der Waals surface area contributed by atoms with E-state index in [1.54, 1.807) is 4.90 Å². The summed E-state index contributed by atoms with van der Waals surface area (Å²) < 4.78 is 5.21. The van der Waals surface area contributed by atoms with E-state index in [0.717, 1.165) is 50.2 Å². The van der Waals surface area contributed by atoms with Crippen molar-refractivity contribution in [1.29, 1.82) is 0 Å². The van der Waals surface area contributed by atoms with Crippen LogP contribution in [0.1, 0.15) is 38.8 Å². The second-order valence-corrected chi connectivity index (χ2v) is 6.29. The van der Waals surface area contributed by atoms with Crippen LogP contribution in [0, 0.1) is 0 Å². The summed E-state index contributed by atoms with van der Waals surface area (Å²) in [7, 11) is 3.69. The molecule has 24 heavy (non-hydrogen) atoms. The molecule has 6 nitrogen and oxygen atoms in total. The summed E-state index contributed by atoms with van der Waals surface area (Å²) in [5.74, 6) is 0.350. The number of carbonyl (C=O) groups is 1. The predicted molar refractivity (Wildman–Crippen MR) is 99.3 cm³/mol. The van der Waals surface area contributed by atoms with Crippen LogP contribution in [0.2, 0.25) is 0 Å². The van der Waals surface area contributed by atoms with Crippen molar-refractivity contribution in [1.82, 2.24) is 9.88 Å². The zero-order valence-corrected chi connectivity index (χ0v) is 15.5. The van der Waals surface area contributed by atoms with Gasteiger partial charge in [-0.05, 0) is 45.8 Å². The molecule has 0 saturated heterocycles. The molecule has 2 N–H and O–H groups in total. The van der Waals surface area contributed by atoms with Gasteiger partial charge in [-0.15, -0.1) is 0 Å². The van der Waals surface area contributed by atoms with E-state index in [0.29, 0.717) is 19.0 Å². The van der Waals surface area contributed by atoms with E-state index >= 15 is 0 Å². The maximum Gasteiger partial charge on any atom is 0.320 e. The van der Waals surface area contributed by atoms with Gasteiger partial charge in [-0.2, -0.15) is 0 Å². The van der Waals surface area contributed by atoms with Crippen LogP contribution < -0.4 is 10.6 Å². The van der Waals surface area contributed by atoms with E-state index in [9.17, 15) is 4.79 Å². The van der Waals surface area contributed by atoms with Crippen LogP contribution in [0.3, 0.4) is 0 Å². The second-order valence-electron chi connectivity index (χ2n) is 6.29. The number of nitrogen functional groups attached to an aromatic ring is 1. The Labute approximate surface area is 146 Å². The fourth-order valence-corrected chi connectivity index (χ4v) is 2.56. The Hall–Kier alpha value is -1.82. The van der Waals surface area contributed by atoms with Crippen molar-refractivity contribution in [2.24, 2.45) is 0 Å². The molecule has 136 valence electrons. The second kappa shape index (κ2) is 10.9. The van der Waals surface area contributed by atoms with Crippen molar-refractivity contribution >= 4 is 17.5 Å². The molecule has 1 aromatic rings. The van der Waals surface area contributed by atoms with E-state index in [1.807, 2.05) is 20.2 Å². The van der Waals surface area contributed by atoms with Crippen molar-refractivity contribution in [2.75, 3.05) is 51.0 Å².